The number of rotatable bonds is 0. The monoisotopic (exact) mass is 201 g/mol. The maximum atomic E-state index is 12.3. The van der Waals surface area contributed by atoms with Gasteiger partial charge in [-0.05, 0) is 24.6 Å². The van der Waals surface area contributed by atoms with Crippen LogP contribution < -0.4 is 0 Å². The van der Waals surface area contributed by atoms with Gasteiger partial charge in [0.1, 0.15) is 11.0 Å². The van der Waals surface area contributed by atoms with E-state index in [0.717, 1.165) is 12.1 Å². The molecule has 0 unspecified atom stereocenters. The number of H-pyrrole nitrogens is 1. The highest BCUT2D eigenvalue weighted by Gasteiger charge is 2.31. The van der Waals surface area contributed by atoms with Gasteiger partial charge in [-0.1, -0.05) is 0 Å². The highest BCUT2D eigenvalue weighted by molar-refractivity contribution is 5.78. The number of aromatic nitrogens is 3. The van der Waals surface area contributed by atoms with Gasteiger partial charge >= 0.3 is 6.18 Å². The van der Waals surface area contributed by atoms with Crippen LogP contribution in [0.25, 0.3) is 11.0 Å². The SMILES string of the molecule is Cc1cc(C(F)(F)F)cc2n[nH]nc12. The summed E-state index contributed by atoms with van der Waals surface area (Å²) in [7, 11) is 0. The molecule has 0 spiro atoms. The van der Waals surface area contributed by atoms with Gasteiger partial charge in [-0.3, -0.25) is 0 Å². The Morgan fingerprint density at radius 1 is 1.21 bits per heavy atom. The van der Waals surface area contributed by atoms with Crippen molar-refractivity contribution >= 4 is 11.0 Å². The second-order valence-electron chi connectivity index (χ2n) is 2.98. The number of benzene rings is 1. The van der Waals surface area contributed by atoms with Crippen LogP contribution in [0.4, 0.5) is 13.2 Å². The molecule has 0 saturated carbocycles. The Hall–Kier alpha value is -1.59. The molecular weight excluding hydrogens is 195 g/mol. The number of hydrogen-bond acceptors (Lipinski definition) is 2. The molecule has 2 rings (SSSR count). The molecule has 1 heterocycles. The molecule has 0 amide bonds. The number of aryl methyl sites for hydroxylation is 1. The van der Waals surface area contributed by atoms with E-state index in [0.29, 0.717) is 11.1 Å². The van der Waals surface area contributed by atoms with E-state index in [1.165, 1.54) is 0 Å². The summed E-state index contributed by atoms with van der Waals surface area (Å²) in [6.07, 6.45) is -4.34. The average molecular weight is 201 g/mol. The van der Waals surface area contributed by atoms with Gasteiger partial charge in [-0.25, -0.2) is 0 Å². The summed E-state index contributed by atoms with van der Waals surface area (Å²) >= 11 is 0. The highest BCUT2D eigenvalue weighted by atomic mass is 19.4. The third-order valence-corrected chi connectivity index (χ3v) is 1.94. The number of alkyl halides is 3. The van der Waals surface area contributed by atoms with E-state index in [4.69, 9.17) is 0 Å². The summed E-state index contributed by atoms with van der Waals surface area (Å²) in [6.45, 7) is 1.57. The van der Waals surface area contributed by atoms with Crippen molar-refractivity contribution < 1.29 is 13.2 Å². The minimum atomic E-state index is -4.34. The molecule has 0 aliphatic rings. The third-order valence-electron chi connectivity index (χ3n) is 1.94. The molecule has 0 bridgehead atoms. The Kier molecular flexibility index (Phi) is 1.73. The molecule has 0 saturated heterocycles. The largest absolute Gasteiger partial charge is 0.416 e. The number of aromatic amines is 1. The molecule has 6 heteroatoms. The summed E-state index contributed by atoms with van der Waals surface area (Å²) in [5.41, 5.74) is 0.468. The topological polar surface area (TPSA) is 41.6 Å². The van der Waals surface area contributed by atoms with Crippen LogP contribution in [-0.2, 0) is 6.18 Å². The standard InChI is InChI=1S/C8H6F3N3/c1-4-2-5(8(9,10)11)3-6-7(4)13-14-12-6/h2-3H,1H3,(H,12,13,14). The molecule has 0 aliphatic heterocycles. The maximum absolute atomic E-state index is 12.3. The van der Waals surface area contributed by atoms with Crippen LogP contribution in [0.3, 0.4) is 0 Å². The smallest absolute Gasteiger partial charge is 0.197 e. The molecule has 1 aromatic heterocycles. The van der Waals surface area contributed by atoms with Crippen molar-refractivity contribution in [2.45, 2.75) is 13.1 Å². The first-order valence-electron chi connectivity index (χ1n) is 3.87. The normalized spacial score (nSPS) is 12.3. The zero-order valence-electron chi connectivity index (χ0n) is 7.18. The zero-order valence-corrected chi connectivity index (χ0v) is 7.18. The Morgan fingerprint density at radius 2 is 1.93 bits per heavy atom. The fourth-order valence-electron chi connectivity index (χ4n) is 1.28. The van der Waals surface area contributed by atoms with Crippen molar-refractivity contribution in [3.8, 4) is 0 Å². The second-order valence-corrected chi connectivity index (χ2v) is 2.98. The predicted molar refractivity (Wildman–Crippen MR) is 43.6 cm³/mol. The van der Waals surface area contributed by atoms with E-state index in [1.54, 1.807) is 6.92 Å². The summed E-state index contributed by atoms with van der Waals surface area (Å²) < 4.78 is 37.0. The van der Waals surface area contributed by atoms with Gasteiger partial charge in [0.15, 0.2) is 0 Å². The first kappa shape index (κ1) is 8.98. The first-order valence-corrected chi connectivity index (χ1v) is 3.87. The van der Waals surface area contributed by atoms with Crippen LogP contribution >= 0.6 is 0 Å². The van der Waals surface area contributed by atoms with Crippen LogP contribution in [0.1, 0.15) is 11.1 Å². The lowest BCUT2D eigenvalue weighted by atomic mass is 10.1. The summed E-state index contributed by atoms with van der Waals surface area (Å²) in [5.74, 6) is 0. The van der Waals surface area contributed by atoms with E-state index < -0.39 is 11.7 Å². The average Bonchev–Trinajstić information content (AvgIpc) is 2.50. The first-order chi connectivity index (χ1) is 6.48. The van der Waals surface area contributed by atoms with Crippen molar-refractivity contribution in [2.75, 3.05) is 0 Å². The maximum Gasteiger partial charge on any atom is 0.416 e. The number of hydrogen-bond donors (Lipinski definition) is 1. The zero-order chi connectivity index (χ0) is 10.3. The lowest BCUT2D eigenvalue weighted by Crippen LogP contribution is -2.05. The van der Waals surface area contributed by atoms with E-state index in [2.05, 4.69) is 15.4 Å². The van der Waals surface area contributed by atoms with Gasteiger partial charge in [0.05, 0.1) is 5.56 Å². The summed E-state index contributed by atoms with van der Waals surface area (Å²) in [5, 5.41) is 9.65. The Bertz CT molecular complexity index is 472. The molecule has 0 fully saturated rings. The molecule has 2 aromatic rings. The van der Waals surface area contributed by atoms with Gasteiger partial charge in [0.25, 0.3) is 0 Å². The number of fused-ring (bicyclic) bond motifs is 1. The van der Waals surface area contributed by atoms with Crippen LogP contribution in [-0.4, -0.2) is 15.4 Å². The Morgan fingerprint density at radius 3 is 2.57 bits per heavy atom. The molecule has 3 nitrogen and oxygen atoms in total. The predicted octanol–water partition coefficient (Wildman–Crippen LogP) is 2.29. The lowest BCUT2D eigenvalue weighted by Gasteiger charge is -2.06. The van der Waals surface area contributed by atoms with Gasteiger partial charge in [0.2, 0.25) is 0 Å². The summed E-state index contributed by atoms with van der Waals surface area (Å²) in [4.78, 5) is 0. The minimum Gasteiger partial charge on any atom is -0.197 e. The third kappa shape index (κ3) is 1.32. The molecule has 74 valence electrons. The van der Waals surface area contributed by atoms with Crippen LogP contribution in [0.15, 0.2) is 12.1 Å². The van der Waals surface area contributed by atoms with E-state index in [-0.39, 0.29) is 5.52 Å². The quantitative estimate of drug-likeness (QED) is 0.710. The van der Waals surface area contributed by atoms with Crippen LogP contribution in [0, 0.1) is 6.92 Å². The van der Waals surface area contributed by atoms with E-state index >= 15 is 0 Å². The molecular formula is C8H6F3N3. The van der Waals surface area contributed by atoms with E-state index in [9.17, 15) is 13.2 Å². The van der Waals surface area contributed by atoms with Crippen LogP contribution in [0.5, 0.6) is 0 Å². The number of nitrogens with one attached hydrogen (secondary N) is 1. The molecule has 0 radical (unpaired) electrons. The molecule has 1 N–H and O–H groups in total. The van der Waals surface area contributed by atoms with Crippen molar-refractivity contribution in [1.29, 1.82) is 0 Å². The van der Waals surface area contributed by atoms with Gasteiger partial charge in [-0.2, -0.15) is 28.6 Å². The van der Waals surface area contributed by atoms with Gasteiger partial charge in [0, 0.05) is 0 Å². The highest BCUT2D eigenvalue weighted by Crippen LogP contribution is 2.31. The van der Waals surface area contributed by atoms with Gasteiger partial charge < -0.3 is 0 Å². The van der Waals surface area contributed by atoms with E-state index in [1.807, 2.05) is 0 Å². The van der Waals surface area contributed by atoms with Crippen molar-refractivity contribution in [2.24, 2.45) is 0 Å². The lowest BCUT2D eigenvalue weighted by molar-refractivity contribution is -0.137. The van der Waals surface area contributed by atoms with Crippen LogP contribution in [0.2, 0.25) is 0 Å². The minimum absolute atomic E-state index is 0.234. The molecule has 1 aromatic carbocycles. The Balaban J connectivity index is 2.70. The molecule has 0 atom stereocenters. The Labute approximate surface area is 76.9 Å². The van der Waals surface area contributed by atoms with Gasteiger partial charge in [-0.15, -0.1) is 0 Å². The molecule has 14 heavy (non-hydrogen) atoms. The van der Waals surface area contributed by atoms with Crippen molar-refractivity contribution in [1.82, 2.24) is 15.4 Å². The number of nitrogens with zero attached hydrogens (tertiary/aromatic N) is 2. The summed E-state index contributed by atoms with van der Waals surface area (Å²) in [6, 6.07) is 2.04. The molecule has 0 aliphatic carbocycles. The second kappa shape index (κ2) is 2.70. The van der Waals surface area contributed by atoms with Crippen molar-refractivity contribution in [3.05, 3.63) is 23.3 Å². The van der Waals surface area contributed by atoms with Crippen molar-refractivity contribution in [3.63, 3.8) is 0 Å². The number of halogens is 3. The fourth-order valence-corrected chi connectivity index (χ4v) is 1.28. The fraction of sp³-hybridized carbons (Fsp3) is 0.250.